The summed E-state index contributed by atoms with van der Waals surface area (Å²) in [6.45, 7) is 1.85. The minimum Gasteiger partial charge on any atom is -0.491 e. The van der Waals surface area contributed by atoms with E-state index in [2.05, 4.69) is 15.3 Å². The summed E-state index contributed by atoms with van der Waals surface area (Å²) in [5.41, 5.74) is 0.433. The van der Waals surface area contributed by atoms with Crippen LogP contribution in [0.3, 0.4) is 0 Å². The molecule has 0 amide bonds. The Morgan fingerprint density at radius 3 is 3.07 bits per heavy atom. The lowest BCUT2D eigenvalue weighted by Gasteiger charge is -1.97. The number of carbonyl (C=O) groups excluding carboxylic acids is 1. The van der Waals surface area contributed by atoms with E-state index in [1.54, 1.807) is 10.6 Å². The van der Waals surface area contributed by atoms with Gasteiger partial charge in [0.2, 0.25) is 5.82 Å². The molecule has 1 aromatic rings. The molecule has 14 heavy (non-hydrogen) atoms. The maximum Gasteiger partial charge on any atom is 0.218 e. The standard InChI is InChI=1S/C8H8N4O2/c1-5-9-10-8-7(14-2)6(3-4-13)11-12(5)8/h3,5H,1-2H3. The Morgan fingerprint density at radius 2 is 2.43 bits per heavy atom. The number of azo groups is 1. The van der Waals surface area contributed by atoms with Crippen molar-refractivity contribution >= 4 is 17.8 Å². The highest BCUT2D eigenvalue weighted by molar-refractivity contribution is 5.77. The third-order valence-electron chi connectivity index (χ3n) is 1.94. The average molecular weight is 192 g/mol. The van der Waals surface area contributed by atoms with Crippen molar-refractivity contribution in [2.24, 2.45) is 10.2 Å². The van der Waals surface area contributed by atoms with Gasteiger partial charge in [0.1, 0.15) is 11.6 Å². The van der Waals surface area contributed by atoms with Gasteiger partial charge >= 0.3 is 0 Å². The minimum absolute atomic E-state index is 0.146. The molecule has 0 N–H and O–H groups in total. The summed E-state index contributed by atoms with van der Waals surface area (Å²) in [6, 6.07) is 0. The summed E-state index contributed by atoms with van der Waals surface area (Å²) >= 11 is 0. The van der Waals surface area contributed by atoms with Gasteiger partial charge in [0.05, 0.1) is 13.2 Å². The normalized spacial score (nSPS) is 17.7. The van der Waals surface area contributed by atoms with Crippen LogP contribution in [-0.4, -0.2) is 22.8 Å². The summed E-state index contributed by atoms with van der Waals surface area (Å²) in [5, 5.41) is 11.9. The molecule has 1 atom stereocenters. The molecule has 2 rings (SSSR count). The van der Waals surface area contributed by atoms with E-state index in [1.165, 1.54) is 13.2 Å². The highest BCUT2D eigenvalue weighted by atomic mass is 16.5. The van der Waals surface area contributed by atoms with Gasteiger partial charge in [-0.3, -0.25) is 0 Å². The van der Waals surface area contributed by atoms with Crippen molar-refractivity contribution in [1.82, 2.24) is 9.78 Å². The fraction of sp³-hybridized carbons (Fsp3) is 0.375. The van der Waals surface area contributed by atoms with Crippen LogP contribution in [-0.2, 0) is 4.79 Å². The molecule has 2 heterocycles. The third kappa shape index (κ3) is 1.05. The van der Waals surface area contributed by atoms with Gasteiger partial charge in [-0.25, -0.2) is 9.48 Å². The largest absolute Gasteiger partial charge is 0.491 e. The quantitative estimate of drug-likeness (QED) is 0.664. The van der Waals surface area contributed by atoms with Crippen molar-refractivity contribution in [2.75, 3.05) is 7.11 Å². The summed E-state index contributed by atoms with van der Waals surface area (Å²) < 4.78 is 6.68. The van der Waals surface area contributed by atoms with E-state index in [0.717, 1.165) is 0 Å². The van der Waals surface area contributed by atoms with E-state index in [1.807, 2.05) is 6.92 Å². The van der Waals surface area contributed by atoms with Gasteiger partial charge in [-0.05, 0) is 6.92 Å². The van der Waals surface area contributed by atoms with Gasteiger partial charge in [0.15, 0.2) is 11.9 Å². The predicted octanol–water partition coefficient (Wildman–Crippen LogP) is 1.35. The molecule has 0 fully saturated rings. The Bertz CT molecular complexity index is 442. The second-order valence-electron chi connectivity index (χ2n) is 2.80. The van der Waals surface area contributed by atoms with Crippen molar-refractivity contribution < 1.29 is 9.53 Å². The molecule has 1 aromatic heterocycles. The summed E-state index contributed by atoms with van der Waals surface area (Å²) in [6.07, 6.45) is 1.07. The fourth-order valence-electron chi connectivity index (χ4n) is 1.31. The fourth-order valence-corrected chi connectivity index (χ4v) is 1.31. The summed E-state index contributed by atoms with van der Waals surface area (Å²) in [5.74, 6) is 2.66. The van der Waals surface area contributed by atoms with Gasteiger partial charge in [0.25, 0.3) is 0 Å². The number of hydrogen-bond donors (Lipinski definition) is 0. The molecule has 6 nitrogen and oxygen atoms in total. The number of hydrogen-bond acceptors (Lipinski definition) is 5. The molecule has 1 aliphatic rings. The van der Waals surface area contributed by atoms with E-state index in [4.69, 9.17) is 4.74 Å². The number of aromatic nitrogens is 2. The molecule has 72 valence electrons. The van der Waals surface area contributed by atoms with Gasteiger partial charge < -0.3 is 4.74 Å². The Hall–Kier alpha value is -1.94. The molecule has 0 saturated carbocycles. The molecular formula is C8H8N4O2. The molecule has 6 heteroatoms. The lowest BCUT2D eigenvalue weighted by atomic mass is 10.4. The first-order valence-corrected chi connectivity index (χ1v) is 4.06. The van der Waals surface area contributed by atoms with E-state index in [9.17, 15) is 4.79 Å². The molecule has 1 aliphatic heterocycles. The lowest BCUT2D eigenvalue weighted by Crippen LogP contribution is -1.98. The number of fused-ring (bicyclic) bond motifs is 1. The van der Waals surface area contributed by atoms with Crippen molar-refractivity contribution in [3.8, 4) is 5.75 Å². The zero-order chi connectivity index (χ0) is 10.1. The molecule has 1 unspecified atom stereocenters. The molecule has 0 saturated heterocycles. The third-order valence-corrected chi connectivity index (χ3v) is 1.94. The van der Waals surface area contributed by atoms with Gasteiger partial charge in [-0.2, -0.15) is 10.2 Å². The van der Waals surface area contributed by atoms with Crippen LogP contribution in [0.15, 0.2) is 10.2 Å². The topological polar surface area (TPSA) is 68.8 Å². The smallest absolute Gasteiger partial charge is 0.218 e. The van der Waals surface area contributed by atoms with Crippen molar-refractivity contribution in [1.29, 1.82) is 0 Å². The Labute approximate surface area is 79.9 Å². The lowest BCUT2D eigenvalue weighted by molar-refractivity contribution is 0.415. The second kappa shape index (κ2) is 3.08. The van der Waals surface area contributed by atoms with E-state index in [-0.39, 0.29) is 6.17 Å². The highest BCUT2D eigenvalue weighted by Gasteiger charge is 2.24. The SMILES string of the molecule is COc1c(C=C=O)nn2c1N=NC2C. The Morgan fingerprint density at radius 1 is 1.64 bits per heavy atom. The first-order valence-electron chi connectivity index (χ1n) is 4.06. The van der Waals surface area contributed by atoms with Crippen LogP contribution >= 0.6 is 0 Å². The van der Waals surface area contributed by atoms with E-state index in [0.29, 0.717) is 17.3 Å². The van der Waals surface area contributed by atoms with Crippen molar-refractivity contribution in [3.63, 3.8) is 0 Å². The molecule has 0 aromatic carbocycles. The monoisotopic (exact) mass is 192 g/mol. The molecule has 0 aliphatic carbocycles. The summed E-state index contributed by atoms with van der Waals surface area (Å²) in [4.78, 5) is 10.2. The first kappa shape index (κ1) is 8.65. The van der Waals surface area contributed by atoms with Crippen LogP contribution in [0.1, 0.15) is 18.8 Å². The Kier molecular flexibility index (Phi) is 1.90. The molecule has 0 bridgehead atoms. The molecule has 0 spiro atoms. The van der Waals surface area contributed by atoms with Crippen LogP contribution in [0.25, 0.3) is 6.08 Å². The second-order valence-corrected chi connectivity index (χ2v) is 2.80. The maximum absolute atomic E-state index is 10.2. The van der Waals surface area contributed by atoms with Crippen molar-refractivity contribution in [3.05, 3.63) is 5.69 Å². The minimum atomic E-state index is -0.146. The zero-order valence-electron chi connectivity index (χ0n) is 7.76. The van der Waals surface area contributed by atoms with Crippen LogP contribution < -0.4 is 4.74 Å². The van der Waals surface area contributed by atoms with E-state index >= 15 is 0 Å². The predicted molar refractivity (Wildman–Crippen MR) is 48.2 cm³/mol. The van der Waals surface area contributed by atoms with Gasteiger partial charge in [-0.1, -0.05) is 0 Å². The summed E-state index contributed by atoms with van der Waals surface area (Å²) in [7, 11) is 1.50. The number of rotatable bonds is 2. The van der Waals surface area contributed by atoms with Crippen LogP contribution in [0.5, 0.6) is 5.75 Å². The maximum atomic E-state index is 10.2. The number of methoxy groups -OCH3 is 1. The average Bonchev–Trinajstić information content (AvgIpc) is 2.68. The number of nitrogens with zero attached hydrogens (tertiary/aromatic N) is 4. The highest BCUT2D eigenvalue weighted by Crippen LogP contribution is 2.38. The van der Waals surface area contributed by atoms with Crippen LogP contribution in [0.4, 0.5) is 5.82 Å². The van der Waals surface area contributed by atoms with Crippen molar-refractivity contribution in [2.45, 2.75) is 13.1 Å². The number of ether oxygens (including phenoxy) is 1. The van der Waals surface area contributed by atoms with Gasteiger partial charge in [-0.15, -0.1) is 5.11 Å². The van der Waals surface area contributed by atoms with Crippen LogP contribution in [0.2, 0.25) is 0 Å². The van der Waals surface area contributed by atoms with Gasteiger partial charge in [0, 0.05) is 0 Å². The van der Waals surface area contributed by atoms with Crippen LogP contribution in [0, 0.1) is 0 Å². The Balaban J connectivity index is 2.60. The molecular weight excluding hydrogens is 184 g/mol. The first-order chi connectivity index (χ1) is 6.77. The molecule has 0 radical (unpaired) electrons. The van der Waals surface area contributed by atoms with E-state index < -0.39 is 0 Å². The zero-order valence-corrected chi connectivity index (χ0v) is 7.76.